The maximum atomic E-state index is 14.4. The van der Waals surface area contributed by atoms with E-state index in [0.29, 0.717) is 30.3 Å². The van der Waals surface area contributed by atoms with Crippen LogP contribution in [-0.2, 0) is 0 Å². The number of anilines is 1. The van der Waals surface area contributed by atoms with Gasteiger partial charge in [0.25, 0.3) is 0 Å². The molecule has 8 heteroatoms. The van der Waals surface area contributed by atoms with Gasteiger partial charge in [-0.1, -0.05) is 6.92 Å². The quantitative estimate of drug-likeness (QED) is 0.558. The summed E-state index contributed by atoms with van der Waals surface area (Å²) in [7, 11) is 3.49. The Hall–Kier alpha value is -2.74. The van der Waals surface area contributed by atoms with E-state index in [1.807, 2.05) is 43.6 Å². The maximum Gasteiger partial charge on any atom is 0.157 e. The van der Waals surface area contributed by atoms with E-state index in [2.05, 4.69) is 15.6 Å². The zero-order valence-corrected chi connectivity index (χ0v) is 17.9. The molecule has 0 aliphatic heterocycles. The second kappa shape index (κ2) is 8.55. The minimum absolute atomic E-state index is 0.354. The van der Waals surface area contributed by atoms with Crippen LogP contribution in [0.1, 0.15) is 43.4 Å². The highest BCUT2D eigenvalue weighted by Gasteiger charge is 2.30. The molecule has 7 nitrogen and oxygen atoms in total. The molecule has 1 aliphatic rings. The number of alkyl halides is 1. The molecule has 3 aromatic heterocycles. The van der Waals surface area contributed by atoms with Crippen molar-refractivity contribution in [1.29, 1.82) is 0 Å². The Morgan fingerprint density at radius 2 is 2.10 bits per heavy atom. The van der Waals surface area contributed by atoms with Crippen molar-refractivity contribution in [3.8, 4) is 17.1 Å². The van der Waals surface area contributed by atoms with Crippen LogP contribution in [-0.4, -0.2) is 52.5 Å². The van der Waals surface area contributed by atoms with Gasteiger partial charge in [-0.2, -0.15) is 5.10 Å². The molecule has 2 unspecified atom stereocenters. The average molecular weight is 413 g/mol. The van der Waals surface area contributed by atoms with E-state index < -0.39 is 6.17 Å². The number of imidazole rings is 1. The molecular weight excluding hydrogens is 383 g/mol. The Morgan fingerprint density at radius 1 is 1.30 bits per heavy atom. The first-order valence-electron chi connectivity index (χ1n) is 10.5. The number of hydrogen-bond donors (Lipinski definition) is 2. The highest BCUT2D eigenvalue weighted by molar-refractivity contribution is 5.63. The number of pyridine rings is 1. The predicted molar refractivity (Wildman–Crippen MR) is 116 cm³/mol. The molecule has 30 heavy (non-hydrogen) atoms. The second-order valence-corrected chi connectivity index (χ2v) is 7.93. The molecule has 1 fully saturated rings. The third-order valence-corrected chi connectivity index (χ3v) is 5.48. The van der Waals surface area contributed by atoms with Crippen molar-refractivity contribution in [2.45, 2.75) is 51.2 Å². The Bertz CT molecular complexity index is 1030. The summed E-state index contributed by atoms with van der Waals surface area (Å²) in [6, 6.07) is 5.51. The van der Waals surface area contributed by atoms with Gasteiger partial charge in [-0.3, -0.25) is 0 Å². The predicted octanol–water partition coefficient (Wildman–Crippen LogP) is 3.73. The fraction of sp³-hybridized carbons (Fsp3) is 0.500. The number of aromatic nitrogens is 4. The SMILES string of the molecule is CCC(F)C(CNC)Nc1cc(C)cc(-c2cnc3cc(OC)c(C4CC4)nn23)n1. The molecule has 2 atom stereocenters. The van der Waals surface area contributed by atoms with Crippen molar-refractivity contribution >= 4 is 11.5 Å². The van der Waals surface area contributed by atoms with Crippen LogP contribution in [0.2, 0.25) is 0 Å². The minimum atomic E-state index is -0.964. The Labute approximate surface area is 176 Å². The van der Waals surface area contributed by atoms with Gasteiger partial charge < -0.3 is 15.4 Å². The highest BCUT2D eigenvalue weighted by Crippen LogP contribution is 2.43. The van der Waals surface area contributed by atoms with Crippen LogP contribution in [0.4, 0.5) is 10.2 Å². The zero-order chi connectivity index (χ0) is 21.3. The van der Waals surface area contributed by atoms with E-state index in [1.165, 1.54) is 0 Å². The molecule has 2 N–H and O–H groups in total. The van der Waals surface area contributed by atoms with E-state index >= 15 is 0 Å². The van der Waals surface area contributed by atoms with Crippen LogP contribution >= 0.6 is 0 Å². The molecule has 0 bridgehead atoms. The Kier molecular flexibility index (Phi) is 5.85. The second-order valence-electron chi connectivity index (χ2n) is 7.93. The third-order valence-electron chi connectivity index (χ3n) is 5.48. The number of ether oxygens (including phenoxy) is 1. The summed E-state index contributed by atoms with van der Waals surface area (Å²) < 4.78 is 21.7. The van der Waals surface area contributed by atoms with E-state index in [1.54, 1.807) is 13.3 Å². The van der Waals surface area contributed by atoms with E-state index in [4.69, 9.17) is 14.8 Å². The molecule has 0 aromatic carbocycles. The fourth-order valence-electron chi connectivity index (χ4n) is 3.73. The van der Waals surface area contributed by atoms with Crippen LogP contribution in [0.3, 0.4) is 0 Å². The first kappa shape index (κ1) is 20.5. The summed E-state index contributed by atoms with van der Waals surface area (Å²) in [5.74, 6) is 1.87. The van der Waals surface area contributed by atoms with Gasteiger partial charge in [0.05, 0.1) is 25.0 Å². The number of aryl methyl sites for hydroxylation is 1. The number of rotatable bonds is 9. The number of likely N-dealkylation sites (N-methyl/N-ethyl adjacent to an activating group) is 1. The van der Waals surface area contributed by atoms with Crippen molar-refractivity contribution < 1.29 is 9.13 Å². The number of hydrogen-bond acceptors (Lipinski definition) is 6. The smallest absolute Gasteiger partial charge is 0.157 e. The highest BCUT2D eigenvalue weighted by atomic mass is 19.1. The number of fused-ring (bicyclic) bond motifs is 1. The monoisotopic (exact) mass is 412 g/mol. The lowest BCUT2D eigenvalue weighted by Crippen LogP contribution is -2.39. The van der Waals surface area contributed by atoms with Gasteiger partial charge in [-0.15, -0.1) is 0 Å². The number of halogens is 1. The van der Waals surface area contributed by atoms with Crippen LogP contribution in [0.15, 0.2) is 24.4 Å². The Morgan fingerprint density at radius 3 is 2.77 bits per heavy atom. The molecule has 0 spiro atoms. The van der Waals surface area contributed by atoms with Crippen LogP contribution in [0.5, 0.6) is 5.75 Å². The molecule has 3 aromatic rings. The summed E-state index contributed by atoms with van der Waals surface area (Å²) in [5, 5.41) is 11.1. The zero-order valence-electron chi connectivity index (χ0n) is 17.9. The molecule has 1 saturated carbocycles. The molecule has 4 rings (SSSR count). The molecule has 160 valence electrons. The van der Waals surface area contributed by atoms with Crippen molar-refractivity contribution in [2.24, 2.45) is 0 Å². The van der Waals surface area contributed by atoms with Crippen molar-refractivity contribution in [3.05, 3.63) is 35.7 Å². The summed E-state index contributed by atoms with van der Waals surface area (Å²) in [4.78, 5) is 9.27. The summed E-state index contributed by atoms with van der Waals surface area (Å²) in [6.07, 6.45) is 3.52. The van der Waals surface area contributed by atoms with Crippen LogP contribution in [0.25, 0.3) is 17.0 Å². The first-order chi connectivity index (χ1) is 14.5. The normalized spacial score (nSPS) is 15.9. The summed E-state index contributed by atoms with van der Waals surface area (Å²) in [5.41, 5.74) is 4.27. The van der Waals surface area contributed by atoms with Crippen molar-refractivity contribution in [2.75, 3.05) is 26.0 Å². The third kappa shape index (κ3) is 4.09. The lowest BCUT2D eigenvalue weighted by Gasteiger charge is -2.22. The molecule has 0 radical (unpaired) electrons. The largest absolute Gasteiger partial charge is 0.495 e. The van der Waals surface area contributed by atoms with E-state index in [0.717, 1.165) is 41.2 Å². The van der Waals surface area contributed by atoms with E-state index in [-0.39, 0.29) is 6.04 Å². The Balaban J connectivity index is 1.72. The van der Waals surface area contributed by atoms with Gasteiger partial charge in [-0.05, 0) is 50.9 Å². The molecule has 3 heterocycles. The van der Waals surface area contributed by atoms with Gasteiger partial charge in [0.1, 0.15) is 29.1 Å². The lowest BCUT2D eigenvalue weighted by atomic mass is 10.1. The van der Waals surface area contributed by atoms with Crippen molar-refractivity contribution in [3.63, 3.8) is 0 Å². The summed E-state index contributed by atoms with van der Waals surface area (Å²) in [6.45, 7) is 4.37. The van der Waals surface area contributed by atoms with Crippen LogP contribution in [0, 0.1) is 6.92 Å². The van der Waals surface area contributed by atoms with Gasteiger partial charge >= 0.3 is 0 Å². The molecular formula is C22H29FN6O. The van der Waals surface area contributed by atoms with Gasteiger partial charge in [0, 0.05) is 18.5 Å². The minimum Gasteiger partial charge on any atom is -0.495 e. The van der Waals surface area contributed by atoms with Gasteiger partial charge in [0.2, 0.25) is 0 Å². The van der Waals surface area contributed by atoms with E-state index in [9.17, 15) is 4.39 Å². The van der Waals surface area contributed by atoms with Gasteiger partial charge in [-0.25, -0.2) is 18.9 Å². The van der Waals surface area contributed by atoms with Crippen LogP contribution < -0.4 is 15.4 Å². The van der Waals surface area contributed by atoms with Crippen molar-refractivity contribution in [1.82, 2.24) is 24.9 Å². The number of nitrogens with zero attached hydrogens (tertiary/aromatic N) is 4. The standard InChI is InChI=1S/C22H29FN6O/c1-5-15(23)17(11-24-3)27-20-9-13(2)8-16(26-20)18-12-25-21-10-19(30-4)22(14-6-7-14)28-29(18)21/h8-10,12,14-15,17,24H,5-7,11H2,1-4H3,(H,26,27). The maximum absolute atomic E-state index is 14.4. The lowest BCUT2D eigenvalue weighted by molar-refractivity contribution is 0.282. The fourth-order valence-corrected chi connectivity index (χ4v) is 3.73. The number of methoxy groups -OCH3 is 1. The first-order valence-corrected chi connectivity index (χ1v) is 10.5. The van der Waals surface area contributed by atoms with Gasteiger partial charge in [0.15, 0.2) is 5.65 Å². The molecule has 0 saturated heterocycles. The molecule has 0 amide bonds. The molecule has 1 aliphatic carbocycles. The topological polar surface area (TPSA) is 76.4 Å². The average Bonchev–Trinajstić information content (AvgIpc) is 3.50. The number of nitrogens with one attached hydrogen (secondary N) is 2. The summed E-state index contributed by atoms with van der Waals surface area (Å²) >= 11 is 0.